The van der Waals surface area contributed by atoms with E-state index in [1.54, 1.807) is 0 Å². The van der Waals surface area contributed by atoms with E-state index in [2.05, 4.69) is 36.5 Å². The van der Waals surface area contributed by atoms with E-state index in [-0.39, 0.29) is 18.7 Å². The molecule has 4 heteroatoms. The molecule has 1 aromatic carbocycles. The van der Waals surface area contributed by atoms with Crippen molar-refractivity contribution in [3.63, 3.8) is 0 Å². The van der Waals surface area contributed by atoms with Gasteiger partial charge in [-0.2, -0.15) is 0 Å². The van der Waals surface area contributed by atoms with Crippen molar-refractivity contribution < 1.29 is 9.90 Å². The highest BCUT2D eigenvalue weighted by Gasteiger charge is 2.31. The summed E-state index contributed by atoms with van der Waals surface area (Å²) in [6.45, 7) is 2.51. The van der Waals surface area contributed by atoms with Gasteiger partial charge in [0.05, 0.1) is 6.04 Å². The molecule has 2 aliphatic carbocycles. The number of benzene rings is 1. The largest absolute Gasteiger partial charge is 0.396 e. The van der Waals surface area contributed by atoms with Crippen molar-refractivity contribution in [1.82, 2.24) is 10.2 Å². The van der Waals surface area contributed by atoms with Gasteiger partial charge in [0, 0.05) is 19.7 Å². The second-order valence-electron chi connectivity index (χ2n) is 7.61. The number of fused-ring (bicyclic) bond motifs is 1. The molecule has 2 atom stereocenters. The number of hydrogen-bond acceptors (Lipinski definition) is 2. The van der Waals surface area contributed by atoms with E-state index >= 15 is 0 Å². The molecular formula is C20H30N2O2. The first kappa shape index (κ1) is 17.3. The number of urea groups is 1. The molecule has 0 spiro atoms. The van der Waals surface area contributed by atoms with Gasteiger partial charge >= 0.3 is 6.03 Å². The summed E-state index contributed by atoms with van der Waals surface area (Å²) in [6.07, 6.45) is 6.23. The minimum absolute atomic E-state index is 0.0380. The third-order valence-electron chi connectivity index (χ3n) is 6.05. The Morgan fingerprint density at radius 1 is 1.21 bits per heavy atom. The smallest absolute Gasteiger partial charge is 0.317 e. The van der Waals surface area contributed by atoms with E-state index in [9.17, 15) is 9.90 Å². The molecule has 2 N–H and O–H groups in total. The summed E-state index contributed by atoms with van der Waals surface area (Å²) in [5, 5.41) is 12.6. The van der Waals surface area contributed by atoms with Gasteiger partial charge in [-0.15, -0.1) is 0 Å². The highest BCUT2D eigenvalue weighted by atomic mass is 16.3. The molecular weight excluding hydrogens is 300 g/mol. The fraction of sp³-hybridized carbons (Fsp3) is 0.650. The molecule has 2 unspecified atom stereocenters. The normalized spacial score (nSPS) is 29.6. The van der Waals surface area contributed by atoms with Crippen LogP contribution in [-0.2, 0) is 6.42 Å². The molecule has 1 aromatic rings. The van der Waals surface area contributed by atoms with Gasteiger partial charge in [0.2, 0.25) is 0 Å². The van der Waals surface area contributed by atoms with Crippen LogP contribution in [0.4, 0.5) is 4.79 Å². The maximum Gasteiger partial charge on any atom is 0.317 e. The van der Waals surface area contributed by atoms with Crippen molar-refractivity contribution in [2.75, 3.05) is 13.7 Å². The fourth-order valence-corrected chi connectivity index (χ4v) is 4.26. The first-order valence-electron chi connectivity index (χ1n) is 9.32. The van der Waals surface area contributed by atoms with Crippen LogP contribution in [0.3, 0.4) is 0 Å². The van der Waals surface area contributed by atoms with Crippen LogP contribution >= 0.6 is 0 Å². The van der Waals surface area contributed by atoms with Crippen LogP contribution in [-0.4, -0.2) is 35.7 Å². The van der Waals surface area contributed by atoms with Gasteiger partial charge < -0.3 is 15.3 Å². The second kappa shape index (κ2) is 7.56. The predicted octanol–water partition coefficient (Wildman–Crippen LogP) is 3.50. The summed E-state index contributed by atoms with van der Waals surface area (Å²) in [7, 11) is 1.92. The lowest BCUT2D eigenvalue weighted by Gasteiger charge is -2.37. The molecule has 4 nitrogen and oxygen atoms in total. The third kappa shape index (κ3) is 3.59. The van der Waals surface area contributed by atoms with Crippen LogP contribution in [0.5, 0.6) is 0 Å². The van der Waals surface area contributed by atoms with Crippen molar-refractivity contribution in [2.45, 2.75) is 57.5 Å². The Morgan fingerprint density at radius 3 is 2.62 bits per heavy atom. The number of aryl methyl sites for hydroxylation is 1. The summed E-state index contributed by atoms with van der Waals surface area (Å²) in [6, 6.07) is 8.93. The van der Waals surface area contributed by atoms with E-state index in [1.165, 1.54) is 11.1 Å². The lowest BCUT2D eigenvalue weighted by molar-refractivity contribution is 0.130. The zero-order valence-corrected chi connectivity index (χ0v) is 14.9. The quantitative estimate of drug-likeness (QED) is 0.891. The summed E-state index contributed by atoms with van der Waals surface area (Å²) in [4.78, 5) is 14.7. The molecule has 0 aliphatic heterocycles. The van der Waals surface area contributed by atoms with E-state index in [0.29, 0.717) is 17.9 Å². The van der Waals surface area contributed by atoms with Crippen LogP contribution in [0.15, 0.2) is 24.3 Å². The molecule has 3 rings (SSSR count). The Labute approximate surface area is 145 Å². The molecule has 0 aromatic heterocycles. The zero-order chi connectivity index (χ0) is 17.1. The van der Waals surface area contributed by atoms with Gasteiger partial charge in [-0.3, -0.25) is 0 Å². The minimum Gasteiger partial charge on any atom is -0.396 e. The number of carbonyl (C=O) groups is 1. The Balaban J connectivity index is 1.64. The molecule has 0 saturated heterocycles. The molecule has 2 amide bonds. The van der Waals surface area contributed by atoms with Gasteiger partial charge in [-0.05, 0) is 61.5 Å². The molecule has 0 radical (unpaired) electrons. The van der Waals surface area contributed by atoms with Gasteiger partial charge in [0.1, 0.15) is 0 Å². The molecule has 2 aliphatic rings. The topological polar surface area (TPSA) is 52.6 Å². The van der Waals surface area contributed by atoms with Gasteiger partial charge in [-0.1, -0.05) is 31.2 Å². The lowest BCUT2D eigenvalue weighted by Crippen LogP contribution is -2.47. The third-order valence-corrected chi connectivity index (χ3v) is 6.05. The number of aliphatic hydroxyl groups excluding tert-OH is 1. The van der Waals surface area contributed by atoms with Crippen LogP contribution < -0.4 is 5.32 Å². The average Bonchev–Trinajstić information content (AvgIpc) is 2.63. The number of amides is 2. The summed E-state index contributed by atoms with van der Waals surface area (Å²) >= 11 is 0. The summed E-state index contributed by atoms with van der Waals surface area (Å²) in [5.74, 6) is 0.880. The van der Waals surface area contributed by atoms with Crippen molar-refractivity contribution in [3.8, 4) is 0 Å². The molecule has 132 valence electrons. The molecule has 1 fully saturated rings. The number of aliphatic hydroxyl groups is 1. The van der Waals surface area contributed by atoms with Crippen LogP contribution in [0.25, 0.3) is 0 Å². The fourth-order valence-electron chi connectivity index (χ4n) is 4.26. The van der Waals surface area contributed by atoms with E-state index < -0.39 is 0 Å². The molecule has 0 heterocycles. The maximum absolute atomic E-state index is 12.8. The Morgan fingerprint density at radius 2 is 1.92 bits per heavy atom. The highest BCUT2D eigenvalue weighted by molar-refractivity contribution is 5.75. The standard InChI is InChI=1S/C20H30N2O2/c1-14-7-10-16-5-3-4-6-18(16)19(14)21-20(24)22(2)17-11-8-15(13-23)9-12-17/h3-6,14-15,17,19,23H,7-13H2,1-2H3,(H,21,24). The average molecular weight is 330 g/mol. The number of carbonyl (C=O) groups excluding carboxylic acids is 1. The van der Waals surface area contributed by atoms with Crippen LogP contribution in [0.1, 0.15) is 56.2 Å². The van der Waals surface area contributed by atoms with E-state index in [4.69, 9.17) is 0 Å². The van der Waals surface area contributed by atoms with Gasteiger partial charge in [0.25, 0.3) is 0 Å². The number of rotatable bonds is 3. The van der Waals surface area contributed by atoms with Crippen molar-refractivity contribution >= 4 is 6.03 Å². The second-order valence-corrected chi connectivity index (χ2v) is 7.61. The lowest BCUT2D eigenvalue weighted by atomic mass is 9.81. The molecule has 24 heavy (non-hydrogen) atoms. The summed E-state index contributed by atoms with van der Waals surface area (Å²) in [5.41, 5.74) is 2.65. The highest BCUT2D eigenvalue weighted by Crippen LogP contribution is 2.34. The number of hydrogen-bond donors (Lipinski definition) is 2. The van der Waals surface area contributed by atoms with Crippen molar-refractivity contribution in [1.29, 1.82) is 0 Å². The van der Waals surface area contributed by atoms with Crippen molar-refractivity contribution in [2.24, 2.45) is 11.8 Å². The van der Waals surface area contributed by atoms with Gasteiger partial charge in [0.15, 0.2) is 0 Å². The van der Waals surface area contributed by atoms with Crippen molar-refractivity contribution in [3.05, 3.63) is 35.4 Å². The Kier molecular flexibility index (Phi) is 5.44. The zero-order valence-electron chi connectivity index (χ0n) is 14.9. The Hall–Kier alpha value is -1.55. The van der Waals surface area contributed by atoms with E-state index in [1.807, 2.05) is 11.9 Å². The van der Waals surface area contributed by atoms with Crippen LogP contribution in [0.2, 0.25) is 0 Å². The summed E-state index contributed by atoms with van der Waals surface area (Å²) < 4.78 is 0. The number of nitrogens with zero attached hydrogens (tertiary/aromatic N) is 1. The molecule has 0 bridgehead atoms. The van der Waals surface area contributed by atoms with Crippen LogP contribution in [0, 0.1) is 11.8 Å². The minimum atomic E-state index is 0.0380. The molecule has 1 saturated carbocycles. The number of nitrogens with one attached hydrogen (secondary N) is 1. The first-order chi connectivity index (χ1) is 11.6. The predicted molar refractivity (Wildman–Crippen MR) is 95.8 cm³/mol. The first-order valence-corrected chi connectivity index (χ1v) is 9.32. The Bertz CT molecular complexity index is 567. The maximum atomic E-state index is 12.8. The monoisotopic (exact) mass is 330 g/mol. The SMILES string of the molecule is CC1CCc2ccccc2C1NC(=O)N(C)C1CCC(CO)CC1. The van der Waals surface area contributed by atoms with E-state index in [0.717, 1.165) is 38.5 Å². The van der Waals surface area contributed by atoms with Gasteiger partial charge in [-0.25, -0.2) is 4.79 Å².